The van der Waals surface area contributed by atoms with Crippen LogP contribution in [0.2, 0.25) is 5.15 Å². The van der Waals surface area contributed by atoms with Crippen LogP contribution in [0.4, 0.5) is 4.39 Å². The van der Waals surface area contributed by atoms with E-state index in [9.17, 15) is 9.18 Å². The molecule has 0 aliphatic heterocycles. The standard InChI is InChI=1S/C18H14ClFN2O/c19-17-15(10-13-6-7-14(20)11-16(13)22-17)18(23)21-9-8-12-4-2-1-3-5-12/h1-7,10-11H,8-9H2,(H,21,23). The molecule has 0 spiro atoms. The summed E-state index contributed by atoms with van der Waals surface area (Å²) < 4.78 is 13.2. The highest BCUT2D eigenvalue weighted by molar-refractivity contribution is 6.33. The molecule has 0 fully saturated rings. The van der Waals surface area contributed by atoms with Crippen molar-refractivity contribution >= 4 is 28.4 Å². The topological polar surface area (TPSA) is 42.0 Å². The Kier molecular flexibility index (Phi) is 4.53. The van der Waals surface area contributed by atoms with Crippen LogP contribution in [-0.2, 0) is 6.42 Å². The van der Waals surface area contributed by atoms with Crippen LogP contribution in [0.5, 0.6) is 0 Å². The number of aromatic nitrogens is 1. The molecular formula is C18H14ClFN2O. The average molecular weight is 329 g/mol. The maximum atomic E-state index is 13.2. The fraction of sp³-hybridized carbons (Fsp3) is 0.111. The summed E-state index contributed by atoms with van der Waals surface area (Å²) in [7, 11) is 0. The van der Waals surface area contributed by atoms with Crippen molar-refractivity contribution in [3.05, 3.63) is 76.7 Å². The zero-order valence-electron chi connectivity index (χ0n) is 12.2. The molecule has 3 rings (SSSR count). The summed E-state index contributed by atoms with van der Waals surface area (Å²) in [6.45, 7) is 0.501. The van der Waals surface area contributed by atoms with E-state index in [1.54, 1.807) is 12.1 Å². The highest BCUT2D eigenvalue weighted by atomic mass is 35.5. The number of pyridine rings is 1. The number of rotatable bonds is 4. The van der Waals surface area contributed by atoms with E-state index in [1.165, 1.54) is 12.1 Å². The first kappa shape index (κ1) is 15.4. The molecule has 1 amide bonds. The van der Waals surface area contributed by atoms with Gasteiger partial charge in [0, 0.05) is 18.0 Å². The van der Waals surface area contributed by atoms with E-state index < -0.39 is 0 Å². The van der Waals surface area contributed by atoms with E-state index in [4.69, 9.17) is 11.6 Å². The second-order valence-corrected chi connectivity index (χ2v) is 5.51. The van der Waals surface area contributed by atoms with Gasteiger partial charge in [-0.1, -0.05) is 41.9 Å². The van der Waals surface area contributed by atoms with Crippen molar-refractivity contribution < 1.29 is 9.18 Å². The van der Waals surface area contributed by atoms with Gasteiger partial charge in [-0.15, -0.1) is 0 Å². The Balaban J connectivity index is 1.73. The number of halogens is 2. The lowest BCUT2D eigenvalue weighted by molar-refractivity contribution is 0.0954. The molecule has 116 valence electrons. The summed E-state index contributed by atoms with van der Waals surface area (Å²) >= 11 is 6.05. The molecule has 2 aromatic carbocycles. The van der Waals surface area contributed by atoms with E-state index in [1.807, 2.05) is 30.3 Å². The molecule has 1 aromatic heterocycles. The van der Waals surface area contributed by atoms with Gasteiger partial charge in [0.05, 0.1) is 11.1 Å². The molecule has 0 aliphatic rings. The van der Waals surface area contributed by atoms with E-state index >= 15 is 0 Å². The minimum Gasteiger partial charge on any atom is -0.352 e. The van der Waals surface area contributed by atoms with Gasteiger partial charge in [0.2, 0.25) is 0 Å². The van der Waals surface area contributed by atoms with E-state index in [0.29, 0.717) is 23.0 Å². The van der Waals surface area contributed by atoms with Gasteiger partial charge in [0.25, 0.3) is 5.91 Å². The molecule has 3 nitrogen and oxygen atoms in total. The zero-order chi connectivity index (χ0) is 16.2. The number of carbonyl (C=O) groups excluding carboxylic acids is 1. The maximum absolute atomic E-state index is 13.2. The quantitative estimate of drug-likeness (QED) is 0.735. The highest BCUT2D eigenvalue weighted by Gasteiger charge is 2.13. The zero-order valence-corrected chi connectivity index (χ0v) is 13.0. The van der Waals surface area contributed by atoms with Gasteiger partial charge in [0.15, 0.2) is 0 Å². The van der Waals surface area contributed by atoms with E-state index in [-0.39, 0.29) is 16.9 Å². The Morgan fingerprint density at radius 3 is 2.70 bits per heavy atom. The lowest BCUT2D eigenvalue weighted by Gasteiger charge is -2.08. The monoisotopic (exact) mass is 328 g/mol. The number of benzene rings is 2. The summed E-state index contributed by atoms with van der Waals surface area (Å²) in [6, 6.07) is 15.7. The number of fused-ring (bicyclic) bond motifs is 1. The number of hydrogen-bond acceptors (Lipinski definition) is 2. The fourth-order valence-corrected chi connectivity index (χ4v) is 2.57. The summed E-state index contributed by atoms with van der Waals surface area (Å²) in [5.41, 5.74) is 1.86. The molecule has 5 heteroatoms. The van der Waals surface area contributed by atoms with Gasteiger partial charge in [-0.2, -0.15) is 0 Å². The molecule has 0 unspecified atom stereocenters. The first-order chi connectivity index (χ1) is 11.1. The van der Waals surface area contributed by atoms with Crippen LogP contribution in [0.15, 0.2) is 54.6 Å². The van der Waals surface area contributed by atoms with Crippen molar-refractivity contribution in [2.45, 2.75) is 6.42 Å². The lowest BCUT2D eigenvalue weighted by Crippen LogP contribution is -2.26. The summed E-state index contributed by atoms with van der Waals surface area (Å²) in [4.78, 5) is 16.3. The molecule has 23 heavy (non-hydrogen) atoms. The first-order valence-corrected chi connectivity index (χ1v) is 7.59. The van der Waals surface area contributed by atoms with Crippen molar-refractivity contribution in [3.63, 3.8) is 0 Å². The van der Waals surface area contributed by atoms with Crippen molar-refractivity contribution in [3.8, 4) is 0 Å². The Morgan fingerprint density at radius 2 is 1.91 bits per heavy atom. The largest absolute Gasteiger partial charge is 0.352 e. The van der Waals surface area contributed by atoms with Crippen molar-refractivity contribution in [2.24, 2.45) is 0 Å². The number of nitrogens with one attached hydrogen (secondary N) is 1. The molecule has 0 radical (unpaired) electrons. The van der Waals surface area contributed by atoms with Crippen LogP contribution < -0.4 is 5.32 Å². The van der Waals surface area contributed by atoms with E-state index in [2.05, 4.69) is 10.3 Å². The van der Waals surface area contributed by atoms with Crippen LogP contribution in [0.25, 0.3) is 10.9 Å². The third kappa shape index (κ3) is 3.66. The summed E-state index contributed by atoms with van der Waals surface area (Å²) in [6.07, 6.45) is 0.733. The number of nitrogens with zero attached hydrogens (tertiary/aromatic N) is 1. The molecule has 0 saturated carbocycles. The Bertz CT molecular complexity index is 852. The summed E-state index contributed by atoms with van der Waals surface area (Å²) in [5.74, 6) is -0.675. The second kappa shape index (κ2) is 6.75. The predicted octanol–water partition coefficient (Wildman–Crippen LogP) is 4.00. The number of carbonyl (C=O) groups is 1. The minimum atomic E-state index is -0.388. The molecule has 0 atom stereocenters. The van der Waals surface area contributed by atoms with Crippen molar-refractivity contribution in [2.75, 3.05) is 6.54 Å². The normalized spacial score (nSPS) is 10.7. The van der Waals surface area contributed by atoms with Gasteiger partial charge in [-0.3, -0.25) is 4.79 Å². The Hall–Kier alpha value is -2.46. The van der Waals surface area contributed by atoms with Crippen LogP contribution in [-0.4, -0.2) is 17.4 Å². The van der Waals surface area contributed by atoms with Crippen LogP contribution in [0, 0.1) is 5.82 Å². The summed E-state index contributed by atoms with van der Waals surface area (Å²) in [5, 5.41) is 3.57. The predicted molar refractivity (Wildman–Crippen MR) is 89.2 cm³/mol. The van der Waals surface area contributed by atoms with Crippen molar-refractivity contribution in [1.29, 1.82) is 0 Å². The van der Waals surface area contributed by atoms with Gasteiger partial charge >= 0.3 is 0 Å². The molecule has 0 bridgehead atoms. The lowest BCUT2D eigenvalue weighted by atomic mass is 10.1. The molecular weight excluding hydrogens is 315 g/mol. The van der Waals surface area contributed by atoms with Crippen LogP contribution in [0.3, 0.4) is 0 Å². The molecule has 0 aliphatic carbocycles. The number of amides is 1. The van der Waals surface area contributed by atoms with Crippen LogP contribution >= 0.6 is 11.6 Å². The molecule has 3 aromatic rings. The Morgan fingerprint density at radius 1 is 1.13 bits per heavy atom. The third-order valence-electron chi connectivity index (χ3n) is 3.52. The molecule has 1 N–H and O–H groups in total. The SMILES string of the molecule is O=C(NCCc1ccccc1)c1cc2ccc(F)cc2nc1Cl. The second-order valence-electron chi connectivity index (χ2n) is 5.16. The van der Waals surface area contributed by atoms with Gasteiger partial charge < -0.3 is 5.32 Å². The van der Waals surface area contributed by atoms with E-state index in [0.717, 1.165) is 12.0 Å². The first-order valence-electron chi connectivity index (χ1n) is 7.21. The van der Waals surface area contributed by atoms with Crippen LogP contribution in [0.1, 0.15) is 15.9 Å². The van der Waals surface area contributed by atoms with Gasteiger partial charge in [-0.25, -0.2) is 9.37 Å². The maximum Gasteiger partial charge on any atom is 0.254 e. The van der Waals surface area contributed by atoms with Crippen molar-refractivity contribution in [1.82, 2.24) is 10.3 Å². The fourth-order valence-electron chi connectivity index (χ4n) is 2.34. The average Bonchev–Trinajstić information content (AvgIpc) is 2.55. The smallest absolute Gasteiger partial charge is 0.254 e. The van der Waals surface area contributed by atoms with Gasteiger partial charge in [-0.05, 0) is 30.2 Å². The third-order valence-corrected chi connectivity index (χ3v) is 3.81. The van der Waals surface area contributed by atoms with Gasteiger partial charge in [0.1, 0.15) is 11.0 Å². The Labute approximate surface area is 138 Å². The highest BCUT2D eigenvalue weighted by Crippen LogP contribution is 2.21. The molecule has 1 heterocycles. The minimum absolute atomic E-state index is 0.0697. The molecule has 0 saturated heterocycles. The number of hydrogen-bond donors (Lipinski definition) is 1.